The van der Waals surface area contributed by atoms with E-state index in [2.05, 4.69) is 39.3 Å². The molecule has 194 valence electrons. The van der Waals surface area contributed by atoms with Gasteiger partial charge < -0.3 is 19.0 Å². The highest BCUT2D eigenvalue weighted by molar-refractivity contribution is 5.85. The number of nitrogens with one attached hydrogen (secondary N) is 2. The predicted octanol–water partition coefficient (Wildman–Crippen LogP) is 4.60. The summed E-state index contributed by atoms with van der Waals surface area (Å²) in [6, 6.07) is 9.62. The molecule has 0 aromatic carbocycles. The molecule has 1 fully saturated rings. The maximum absolute atomic E-state index is 13.3. The van der Waals surface area contributed by atoms with Crippen molar-refractivity contribution in [3.05, 3.63) is 81.3 Å². The van der Waals surface area contributed by atoms with E-state index in [0.717, 1.165) is 66.5 Å². The summed E-state index contributed by atoms with van der Waals surface area (Å²) in [5.41, 5.74) is 5.17. The third kappa shape index (κ3) is 5.22. The summed E-state index contributed by atoms with van der Waals surface area (Å²) in [5, 5.41) is 2.67. The van der Waals surface area contributed by atoms with Crippen LogP contribution in [0.5, 0.6) is 0 Å². The van der Waals surface area contributed by atoms with Crippen molar-refractivity contribution in [1.82, 2.24) is 19.5 Å². The fraction of sp³-hybridized carbons (Fsp3) is 0.429. The van der Waals surface area contributed by atoms with Gasteiger partial charge >= 0.3 is 6.09 Å². The van der Waals surface area contributed by atoms with Crippen molar-refractivity contribution < 1.29 is 14.3 Å². The van der Waals surface area contributed by atoms with Crippen LogP contribution in [-0.4, -0.2) is 45.4 Å². The number of anilines is 1. The molecule has 9 nitrogen and oxygen atoms in total. The average molecular weight is 504 g/mol. The van der Waals surface area contributed by atoms with Crippen molar-refractivity contribution in [3.63, 3.8) is 0 Å². The van der Waals surface area contributed by atoms with Gasteiger partial charge in [-0.3, -0.25) is 15.1 Å². The molecule has 0 saturated carbocycles. The molecule has 9 heteroatoms. The summed E-state index contributed by atoms with van der Waals surface area (Å²) in [6.07, 6.45) is 5.28. The molecular formula is C28H33N5O4. The number of nitrogens with zero attached hydrogens (tertiary/aromatic N) is 3. The fourth-order valence-corrected chi connectivity index (χ4v) is 5.31. The van der Waals surface area contributed by atoms with E-state index in [1.165, 1.54) is 0 Å². The van der Waals surface area contributed by atoms with Crippen molar-refractivity contribution in [2.45, 2.75) is 52.0 Å². The molecule has 1 saturated heterocycles. The number of imidazole rings is 1. The van der Waals surface area contributed by atoms with E-state index >= 15 is 0 Å². The molecule has 0 bridgehead atoms. The summed E-state index contributed by atoms with van der Waals surface area (Å²) in [4.78, 5) is 37.8. The first kappa shape index (κ1) is 25.0. The minimum absolute atomic E-state index is 0.0153. The number of aryl methyl sites for hydroxylation is 1. The van der Waals surface area contributed by atoms with Crippen LogP contribution in [0.15, 0.2) is 47.4 Å². The smallest absolute Gasteiger partial charge is 0.413 e. The molecule has 1 amide bonds. The molecule has 2 N–H and O–H groups in total. The number of allylic oxidation sites excluding steroid dienone is 1. The van der Waals surface area contributed by atoms with Crippen LogP contribution in [0.4, 0.5) is 10.7 Å². The SMILES string of the molecule is CCOC(=O)Nc1nc2c([nH]1)C(C)C(c1cc(C)n(CC3CCOCC3)c(=O)c1)C=C2c1ccccn1. The Balaban J connectivity index is 1.52. The second kappa shape index (κ2) is 10.7. The molecule has 1 aliphatic carbocycles. The molecule has 5 rings (SSSR count). The van der Waals surface area contributed by atoms with E-state index in [1.54, 1.807) is 19.2 Å². The highest BCUT2D eigenvalue weighted by atomic mass is 16.5. The first-order chi connectivity index (χ1) is 17.9. The summed E-state index contributed by atoms with van der Waals surface area (Å²) in [6.45, 7) is 8.36. The number of hydrogen-bond acceptors (Lipinski definition) is 6. The summed E-state index contributed by atoms with van der Waals surface area (Å²) >= 11 is 0. The lowest BCUT2D eigenvalue weighted by atomic mass is 9.78. The largest absolute Gasteiger partial charge is 0.450 e. The van der Waals surface area contributed by atoms with E-state index in [4.69, 9.17) is 9.47 Å². The van der Waals surface area contributed by atoms with Crippen molar-refractivity contribution in [2.75, 3.05) is 25.1 Å². The first-order valence-electron chi connectivity index (χ1n) is 12.9. The maximum Gasteiger partial charge on any atom is 0.413 e. The topological polar surface area (TPSA) is 111 Å². The molecule has 3 aromatic rings. The minimum Gasteiger partial charge on any atom is -0.450 e. The lowest BCUT2D eigenvalue weighted by Gasteiger charge is -2.28. The van der Waals surface area contributed by atoms with Gasteiger partial charge in [-0.05, 0) is 56.4 Å². The molecule has 2 unspecified atom stereocenters. The molecule has 0 spiro atoms. The number of H-pyrrole nitrogens is 1. The zero-order valence-electron chi connectivity index (χ0n) is 21.5. The number of aromatic amines is 1. The Kier molecular flexibility index (Phi) is 7.23. The normalized spacial score (nSPS) is 19.7. The number of rotatable bonds is 6. The van der Waals surface area contributed by atoms with Gasteiger partial charge in [0.15, 0.2) is 0 Å². The van der Waals surface area contributed by atoms with Crippen LogP contribution in [0.3, 0.4) is 0 Å². The molecule has 4 heterocycles. The van der Waals surface area contributed by atoms with Gasteiger partial charge in [-0.15, -0.1) is 0 Å². The summed E-state index contributed by atoms with van der Waals surface area (Å²) < 4.78 is 12.4. The Morgan fingerprint density at radius 1 is 1.27 bits per heavy atom. The fourth-order valence-electron chi connectivity index (χ4n) is 5.31. The van der Waals surface area contributed by atoms with Gasteiger partial charge in [-0.2, -0.15) is 0 Å². The van der Waals surface area contributed by atoms with Crippen molar-refractivity contribution in [3.8, 4) is 0 Å². The third-order valence-corrected chi connectivity index (χ3v) is 7.29. The van der Waals surface area contributed by atoms with Crippen molar-refractivity contribution in [1.29, 1.82) is 0 Å². The molecule has 37 heavy (non-hydrogen) atoms. The lowest BCUT2D eigenvalue weighted by Crippen LogP contribution is -2.29. The molecule has 0 radical (unpaired) electrons. The number of ether oxygens (including phenoxy) is 2. The lowest BCUT2D eigenvalue weighted by molar-refractivity contribution is 0.0607. The highest BCUT2D eigenvalue weighted by Gasteiger charge is 2.33. The van der Waals surface area contributed by atoms with Crippen LogP contribution in [0.2, 0.25) is 0 Å². The van der Waals surface area contributed by atoms with Gasteiger partial charge in [-0.25, -0.2) is 9.78 Å². The Hall–Kier alpha value is -3.72. The number of pyridine rings is 2. The van der Waals surface area contributed by atoms with E-state index < -0.39 is 6.09 Å². The van der Waals surface area contributed by atoms with Crippen LogP contribution >= 0.6 is 0 Å². The molecule has 2 aliphatic rings. The van der Waals surface area contributed by atoms with Crippen LogP contribution in [0.1, 0.15) is 66.9 Å². The average Bonchev–Trinajstić information content (AvgIpc) is 3.31. The maximum atomic E-state index is 13.3. The Morgan fingerprint density at radius 2 is 2.08 bits per heavy atom. The van der Waals surface area contributed by atoms with Crippen LogP contribution in [0, 0.1) is 12.8 Å². The standard InChI is InChI=1S/C28H33N5O4/c1-4-37-28(35)32-27-30-25-18(3)21(15-22(26(25)31-27)23-7-5-6-10-29-23)20-13-17(2)33(24(34)14-20)16-19-8-11-36-12-9-19/h5-7,10,13-15,18-19,21H,4,8-9,11-12,16H2,1-3H3,(H2,30,31,32,35). The Labute approximate surface area is 215 Å². The number of amides is 1. The molecule has 3 aromatic heterocycles. The van der Waals surface area contributed by atoms with Crippen molar-refractivity contribution >= 4 is 17.6 Å². The zero-order chi connectivity index (χ0) is 25.9. The number of hydrogen-bond donors (Lipinski definition) is 2. The monoisotopic (exact) mass is 503 g/mol. The molecule has 2 atom stereocenters. The Bertz CT molecular complexity index is 1350. The summed E-state index contributed by atoms with van der Waals surface area (Å²) in [7, 11) is 0. The van der Waals surface area contributed by atoms with Gasteiger partial charge in [0.25, 0.3) is 5.56 Å². The number of fused-ring (bicyclic) bond motifs is 1. The predicted molar refractivity (Wildman–Crippen MR) is 141 cm³/mol. The van der Waals surface area contributed by atoms with Gasteiger partial charge in [0, 0.05) is 60.8 Å². The van der Waals surface area contributed by atoms with Gasteiger partial charge in [0.2, 0.25) is 5.95 Å². The number of carbonyl (C=O) groups excluding carboxylic acids is 1. The van der Waals surface area contributed by atoms with Crippen LogP contribution < -0.4 is 10.9 Å². The second-order valence-corrected chi connectivity index (χ2v) is 9.74. The molecule has 1 aliphatic heterocycles. The van der Waals surface area contributed by atoms with Gasteiger partial charge in [0.05, 0.1) is 18.0 Å². The Morgan fingerprint density at radius 3 is 2.78 bits per heavy atom. The van der Waals surface area contributed by atoms with Crippen LogP contribution in [0.25, 0.3) is 5.57 Å². The summed E-state index contributed by atoms with van der Waals surface area (Å²) in [5.74, 6) is 0.682. The van der Waals surface area contributed by atoms with Gasteiger partial charge in [0.1, 0.15) is 0 Å². The van der Waals surface area contributed by atoms with Gasteiger partial charge in [-0.1, -0.05) is 19.1 Å². The number of carbonyl (C=O) groups is 1. The molecular weight excluding hydrogens is 470 g/mol. The highest BCUT2D eigenvalue weighted by Crippen LogP contribution is 2.44. The zero-order valence-corrected chi connectivity index (χ0v) is 21.5. The van der Waals surface area contributed by atoms with E-state index in [1.807, 2.05) is 29.7 Å². The third-order valence-electron chi connectivity index (χ3n) is 7.29. The number of aromatic nitrogens is 4. The second-order valence-electron chi connectivity index (χ2n) is 9.74. The van der Waals surface area contributed by atoms with E-state index in [9.17, 15) is 9.59 Å². The van der Waals surface area contributed by atoms with E-state index in [0.29, 0.717) is 11.9 Å². The minimum atomic E-state index is -0.565. The van der Waals surface area contributed by atoms with Crippen LogP contribution in [-0.2, 0) is 16.0 Å². The van der Waals surface area contributed by atoms with Crippen molar-refractivity contribution in [2.24, 2.45) is 5.92 Å². The quantitative estimate of drug-likeness (QED) is 0.509. The van der Waals surface area contributed by atoms with E-state index in [-0.39, 0.29) is 24.0 Å². The first-order valence-corrected chi connectivity index (χ1v) is 12.9.